The van der Waals surface area contributed by atoms with Crippen LogP contribution in [0.3, 0.4) is 0 Å². The van der Waals surface area contributed by atoms with Gasteiger partial charge < -0.3 is 50.3 Å². The largest absolute Gasteiger partial charge is 0.677 e. The van der Waals surface area contributed by atoms with E-state index in [1.165, 1.54) is 57.8 Å². The molecule has 177 valence electrons. The minimum Gasteiger partial charge on any atom is -0.677 e. The van der Waals surface area contributed by atoms with Crippen LogP contribution >= 0.6 is 0 Å². The van der Waals surface area contributed by atoms with Crippen molar-refractivity contribution in [2.75, 3.05) is 6.54 Å². The molecular formula is C25H56HfNSi-8. The Morgan fingerprint density at radius 1 is 0.750 bits per heavy atom. The maximum atomic E-state index is 7.00. The van der Waals surface area contributed by atoms with Crippen LogP contribution in [0.25, 0.3) is 5.73 Å². The van der Waals surface area contributed by atoms with Crippen LogP contribution in [0.1, 0.15) is 77.6 Å². The SMILES string of the molecule is CCCCCCCCCCCC[NH-].C[SiH]C.[C-]1=CC=CC1.[CH3-].[CH3-].[CH3-].[CH3-].[CH3-].[CH3-].[Hf]. The van der Waals surface area contributed by atoms with Crippen molar-refractivity contribution in [1.82, 2.24) is 0 Å². The Hall–Kier alpha value is 0.527. The van der Waals surface area contributed by atoms with Gasteiger partial charge in [-0.25, -0.2) is 12.2 Å². The number of nitrogens with one attached hydrogen (secondary N) is 1. The van der Waals surface area contributed by atoms with Crippen molar-refractivity contribution in [3.8, 4) is 0 Å². The Morgan fingerprint density at radius 3 is 1.32 bits per heavy atom. The molecule has 1 radical (unpaired) electrons. The van der Waals surface area contributed by atoms with E-state index in [0.29, 0.717) is 6.54 Å². The van der Waals surface area contributed by atoms with E-state index in [9.17, 15) is 0 Å². The van der Waals surface area contributed by atoms with Gasteiger partial charge in [0.2, 0.25) is 0 Å². The third-order valence-corrected chi connectivity index (χ3v) is 3.12. The number of unbranched alkanes of at least 4 members (excludes halogenated alkanes) is 9. The van der Waals surface area contributed by atoms with E-state index in [1.54, 1.807) is 0 Å². The van der Waals surface area contributed by atoms with E-state index in [4.69, 9.17) is 5.73 Å². The van der Waals surface area contributed by atoms with Gasteiger partial charge >= 0.3 is 0 Å². The van der Waals surface area contributed by atoms with Crippen LogP contribution in [-0.4, -0.2) is 16.1 Å². The Kier molecular flexibility index (Phi) is 128. The molecule has 1 aliphatic carbocycles. The van der Waals surface area contributed by atoms with Crippen molar-refractivity contribution < 1.29 is 25.8 Å². The summed E-state index contributed by atoms with van der Waals surface area (Å²) in [5.41, 5.74) is 7.00. The summed E-state index contributed by atoms with van der Waals surface area (Å²) in [6.07, 6.45) is 23.6. The van der Waals surface area contributed by atoms with Crippen LogP contribution in [0.4, 0.5) is 0 Å². The molecule has 0 atom stereocenters. The van der Waals surface area contributed by atoms with Crippen LogP contribution in [0.15, 0.2) is 18.2 Å². The summed E-state index contributed by atoms with van der Waals surface area (Å²) >= 11 is 0. The molecule has 1 rings (SSSR count). The van der Waals surface area contributed by atoms with Gasteiger partial charge in [0.1, 0.15) is 0 Å². The monoisotopic (exact) mass is 578 g/mol. The zero-order valence-corrected chi connectivity index (χ0v) is 26.0. The molecule has 0 aromatic heterocycles. The molecule has 28 heavy (non-hydrogen) atoms. The Morgan fingerprint density at radius 2 is 1.11 bits per heavy atom. The van der Waals surface area contributed by atoms with Gasteiger partial charge in [0.25, 0.3) is 0 Å². The number of allylic oxidation sites excluding steroid dienone is 4. The van der Waals surface area contributed by atoms with Crippen molar-refractivity contribution in [1.29, 1.82) is 0 Å². The molecule has 0 unspecified atom stereocenters. The minimum absolute atomic E-state index is 0. The molecule has 3 heteroatoms. The second kappa shape index (κ2) is 63.1. The maximum Gasteiger partial charge on any atom is 0.0213 e. The van der Waals surface area contributed by atoms with Crippen LogP contribution in [0.2, 0.25) is 13.1 Å². The van der Waals surface area contributed by atoms with Crippen molar-refractivity contribution >= 4 is 9.52 Å². The van der Waals surface area contributed by atoms with Crippen molar-refractivity contribution in [3.05, 3.63) is 74.6 Å². The zero-order chi connectivity index (χ0) is 16.0. The minimum atomic E-state index is 0. The third-order valence-electron chi connectivity index (χ3n) is 3.12. The van der Waals surface area contributed by atoms with E-state index in [-0.39, 0.29) is 70.4 Å². The molecule has 0 bridgehead atoms. The first-order valence-corrected chi connectivity index (χ1v) is 11.2. The van der Waals surface area contributed by atoms with E-state index in [1.807, 2.05) is 12.2 Å². The second-order valence-corrected chi connectivity index (χ2v) is 6.67. The molecule has 0 aromatic carbocycles. The quantitative estimate of drug-likeness (QED) is 0.140. The van der Waals surface area contributed by atoms with Crippen molar-refractivity contribution in [3.63, 3.8) is 0 Å². The Balaban J connectivity index is -0.0000000298. The standard InChI is InChI=1S/C12H26N.C5H5.C2H7Si.6CH3.Hf/c1-2-3-4-5-6-7-8-9-10-11-12-13;1-2-4-5-3-1;1-3-2;;;;;;;/h13H,2-12H2,1H3;1-3H,4H2;3H,1-2H3;6*1H3;/q2*-1;;6*-1;. The number of hydrogen-bond acceptors (Lipinski definition) is 0. The smallest absolute Gasteiger partial charge is 0.0213 e. The summed E-state index contributed by atoms with van der Waals surface area (Å²) in [4.78, 5) is 0. The van der Waals surface area contributed by atoms with Gasteiger partial charge in [0.15, 0.2) is 0 Å². The van der Waals surface area contributed by atoms with E-state index in [0.717, 1.165) is 22.4 Å². The fourth-order valence-corrected chi connectivity index (χ4v) is 1.95. The summed E-state index contributed by atoms with van der Waals surface area (Å²) in [7, 11) is 0.750. The molecular weight excluding hydrogens is 521 g/mol. The van der Waals surface area contributed by atoms with Crippen molar-refractivity contribution in [2.45, 2.75) is 90.6 Å². The molecule has 1 N–H and O–H groups in total. The predicted octanol–water partition coefficient (Wildman–Crippen LogP) is 9.48. The van der Waals surface area contributed by atoms with Gasteiger partial charge in [0, 0.05) is 35.4 Å². The molecule has 0 heterocycles. The van der Waals surface area contributed by atoms with Gasteiger partial charge in [-0.3, -0.25) is 6.08 Å². The van der Waals surface area contributed by atoms with Gasteiger partial charge in [-0.1, -0.05) is 84.2 Å². The van der Waals surface area contributed by atoms with Gasteiger partial charge in [-0.2, -0.15) is 12.6 Å². The first-order valence-electron chi connectivity index (χ1n) is 8.93. The van der Waals surface area contributed by atoms with Gasteiger partial charge in [-0.15, -0.1) is 6.42 Å². The normalized spacial score (nSPS) is 8.71. The topological polar surface area (TPSA) is 23.8 Å². The number of hydrogen-bond donors (Lipinski definition) is 0. The molecule has 0 aliphatic heterocycles. The molecule has 1 aliphatic rings. The molecule has 0 saturated carbocycles. The molecule has 1 nitrogen and oxygen atoms in total. The van der Waals surface area contributed by atoms with Crippen LogP contribution in [-0.2, 0) is 25.8 Å². The van der Waals surface area contributed by atoms with E-state index in [2.05, 4.69) is 32.2 Å². The van der Waals surface area contributed by atoms with Crippen LogP contribution < -0.4 is 0 Å². The fourth-order valence-electron chi connectivity index (χ4n) is 1.95. The molecule has 0 spiro atoms. The average Bonchev–Trinajstić information content (AvgIpc) is 3.06. The average molecular weight is 577 g/mol. The fraction of sp³-hybridized carbons (Fsp3) is 0.600. The van der Waals surface area contributed by atoms with E-state index >= 15 is 0 Å². The summed E-state index contributed by atoms with van der Waals surface area (Å²) in [6, 6.07) is 0. The zero-order valence-electron chi connectivity index (χ0n) is 21.3. The Bertz CT molecular complexity index is 199. The Labute approximate surface area is 206 Å². The molecule has 0 amide bonds. The van der Waals surface area contributed by atoms with E-state index < -0.39 is 0 Å². The summed E-state index contributed by atoms with van der Waals surface area (Å²) in [6.45, 7) is 7.30. The third kappa shape index (κ3) is 71.7. The maximum absolute atomic E-state index is 7.00. The summed E-state index contributed by atoms with van der Waals surface area (Å²) < 4.78 is 0. The number of rotatable bonds is 10. The van der Waals surface area contributed by atoms with Gasteiger partial charge in [-0.05, 0) is 0 Å². The molecule has 0 saturated heterocycles. The predicted molar refractivity (Wildman–Crippen MR) is 140 cm³/mol. The first-order chi connectivity index (χ1) is 10.3. The summed E-state index contributed by atoms with van der Waals surface area (Å²) in [5.74, 6) is 0. The van der Waals surface area contributed by atoms with Crippen LogP contribution in [0.5, 0.6) is 0 Å². The molecule has 0 fully saturated rings. The van der Waals surface area contributed by atoms with Crippen molar-refractivity contribution in [2.24, 2.45) is 0 Å². The van der Waals surface area contributed by atoms with Crippen LogP contribution in [0, 0.1) is 50.6 Å². The summed E-state index contributed by atoms with van der Waals surface area (Å²) in [5, 5.41) is 0. The molecule has 0 aromatic rings. The second-order valence-electron chi connectivity index (χ2n) is 5.51. The first kappa shape index (κ1) is 56.7. The van der Waals surface area contributed by atoms with Gasteiger partial charge in [0.05, 0.1) is 0 Å².